The summed E-state index contributed by atoms with van der Waals surface area (Å²) in [7, 11) is -2.78. The molecule has 0 aliphatic heterocycles. The summed E-state index contributed by atoms with van der Waals surface area (Å²) in [5.74, 6) is -1.18. The lowest BCUT2D eigenvalue weighted by molar-refractivity contribution is 0.0697. The van der Waals surface area contributed by atoms with E-state index in [1.807, 2.05) is 0 Å². The molecule has 0 radical (unpaired) electrons. The Morgan fingerprint density at radius 3 is 2.50 bits per heavy atom. The Bertz CT molecular complexity index is 1160. The molecular formula is C15H11NO7S. The summed E-state index contributed by atoms with van der Waals surface area (Å²) >= 11 is 0. The van der Waals surface area contributed by atoms with Gasteiger partial charge in [0.15, 0.2) is 11.3 Å². The number of fused-ring (bicyclic) bond motifs is 2. The first-order valence-corrected chi connectivity index (χ1v) is 8.11. The molecule has 9 heteroatoms. The van der Waals surface area contributed by atoms with Crippen LogP contribution in [-0.2, 0) is 10.0 Å². The summed E-state index contributed by atoms with van der Waals surface area (Å²) in [5, 5.41) is 14.1. The summed E-state index contributed by atoms with van der Waals surface area (Å²) in [4.78, 5) is 23.4. The van der Waals surface area contributed by atoms with Gasteiger partial charge in [-0.25, -0.2) is 18.4 Å². The first-order chi connectivity index (χ1) is 11.2. The molecule has 0 bridgehead atoms. The topological polar surface area (TPSA) is 137 Å². The average molecular weight is 349 g/mol. The third-order valence-corrected chi connectivity index (χ3v) is 4.40. The van der Waals surface area contributed by atoms with Crippen LogP contribution in [0.2, 0.25) is 0 Å². The molecule has 0 spiro atoms. The molecule has 0 saturated carbocycles. The largest absolute Gasteiger partial charge is 0.493 e. The van der Waals surface area contributed by atoms with Gasteiger partial charge in [0.1, 0.15) is 5.58 Å². The van der Waals surface area contributed by atoms with Gasteiger partial charge in [0.2, 0.25) is 15.5 Å². The zero-order chi connectivity index (χ0) is 17.6. The number of hydrogen-bond donors (Lipinski definition) is 2. The predicted molar refractivity (Wildman–Crippen MR) is 84.9 cm³/mol. The Kier molecular flexibility index (Phi) is 3.54. The van der Waals surface area contributed by atoms with Crippen molar-refractivity contribution in [1.82, 2.24) is 0 Å². The van der Waals surface area contributed by atoms with E-state index in [1.54, 1.807) is 0 Å². The van der Waals surface area contributed by atoms with Crippen LogP contribution in [0.3, 0.4) is 0 Å². The number of primary sulfonamides is 1. The molecule has 0 fully saturated rings. The van der Waals surface area contributed by atoms with Crippen LogP contribution in [-0.4, -0.2) is 26.6 Å². The minimum Gasteiger partial charge on any atom is -0.493 e. The lowest BCUT2D eigenvalue weighted by Gasteiger charge is -2.08. The number of aromatic carboxylic acids is 1. The summed E-state index contributed by atoms with van der Waals surface area (Å²) in [6, 6.07) is 6.04. The lowest BCUT2D eigenvalue weighted by Crippen LogP contribution is -2.13. The van der Waals surface area contributed by atoms with Crippen LogP contribution in [0.15, 0.2) is 44.4 Å². The number of methoxy groups -OCH3 is 1. The van der Waals surface area contributed by atoms with Gasteiger partial charge in [0, 0.05) is 6.07 Å². The number of benzene rings is 2. The molecule has 0 aliphatic rings. The first kappa shape index (κ1) is 16.0. The summed E-state index contributed by atoms with van der Waals surface area (Å²) < 4.78 is 33.8. The standard InChI is InChI=1S/C15H11NO7S/c1-22-12-6-8(24(16,20)21)5-10-13(17)9-4-7(15(18)19)2-3-11(9)23-14(10)12/h2-6H,1H3,(H,18,19)(H2,16,20,21). The Morgan fingerprint density at radius 1 is 1.21 bits per heavy atom. The molecule has 1 aromatic heterocycles. The second-order valence-corrected chi connectivity index (χ2v) is 6.56. The number of sulfonamides is 1. The van der Waals surface area contributed by atoms with Gasteiger partial charge in [0.25, 0.3) is 0 Å². The van der Waals surface area contributed by atoms with Crippen molar-refractivity contribution in [3.8, 4) is 5.75 Å². The molecular weight excluding hydrogens is 338 g/mol. The van der Waals surface area contributed by atoms with Gasteiger partial charge in [0.05, 0.1) is 28.3 Å². The van der Waals surface area contributed by atoms with Crippen LogP contribution >= 0.6 is 0 Å². The molecule has 3 aromatic rings. The van der Waals surface area contributed by atoms with Crippen molar-refractivity contribution in [2.75, 3.05) is 7.11 Å². The third kappa shape index (κ3) is 2.49. The molecule has 0 atom stereocenters. The molecule has 3 rings (SSSR count). The molecule has 1 heterocycles. The molecule has 124 valence electrons. The third-order valence-electron chi connectivity index (χ3n) is 3.50. The lowest BCUT2D eigenvalue weighted by atomic mass is 10.1. The van der Waals surface area contributed by atoms with Gasteiger partial charge in [-0.2, -0.15) is 0 Å². The van der Waals surface area contributed by atoms with Crippen molar-refractivity contribution in [1.29, 1.82) is 0 Å². The summed E-state index contributed by atoms with van der Waals surface area (Å²) in [6.45, 7) is 0. The highest BCUT2D eigenvalue weighted by molar-refractivity contribution is 7.89. The SMILES string of the molecule is COc1cc(S(N)(=O)=O)cc2c(=O)c3cc(C(=O)O)ccc3oc12. The van der Waals surface area contributed by atoms with Crippen LogP contribution in [0, 0.1) is 0 Å². The smallest absolute Gasteiger partial charge is 0.335 e. The molecule has 0 unspecified atom stereocenters. The normalized spacial score (nSPS) is 11.8. The highest BCUT2D eigenvalue weighted by Crippen LogP contribution is 2.30. The number of carboxylic acids is 1. The number of carbonyl (C=O) groups is 1. The van der Waals surface area contributed by atoms with E-state index >= 15 is 0 Å². The van der Waals surface area contributed by atoms with E-state index < -0.39 is 21.4 Å². The minimum atomic E-state index is -4.07. The monoisotopic (exact) mass is 349 g/mol. The highest BCUT2D eigenvalue weighted by Gasteiger charge is 2.18. The quantitative estimate of drug-likeness (QED) is 0.680. The van der Waals surface area contributed by atoms with E-state index in [1.165, 1.54) is 25.3 Å². The van der Waals surface area contributed by atoms with Crippen molar-refractivity contribution in [3.63, 3.8) is 0 Å². The number of carboxylic acid groups (broad SMARTS) is 1. The van der Waals surface area contributed by atoms with Gasteiger partial charge in [-0.15, -0.1) is 0 Å². The Hall–Kier alpha value is -2.91. The van der Waals surface area contributed by atoms with Gasteiger partial charge < -0.3 is 14.3 Å². The molecule has 0 aliphatic carbocycles. The number of ether oxygens (including phenoxy) is 1. The predicted octanol–water partition coefficient (Wildman–Crippen LogP) is 1.30. The second kappa shape index (κ2) is 5.32. The van der Waals surface area contributed by atoms with E-state index in [2.05, 4.69) is 0 Å². The number of rotatable bonds is 3. The number of nitrogens with two attached hydrogens (primary N) is 1. The van der Waals surface area contributed by atoms with E-state index in [9.17, 15) is 18.0 Å². The molecule has 0 amide bonds. The van der Waals surface area contributed by atoms with E-state index in [0.717, 1.165) is 12.1 Å². The second-order valence-electron chi connectivity index (χ2n) is 4.99. The fourth-order valence-electron chi connectivity index (χ4n) is 2.35. The van der Waals surface area contributed by atoms with Crippen LogP contribution in [0.1, 0.15) is 10.4 Å². The fraction of sp³-hybridized carbons (Fsp3) is 0.0667. The Balaban J connectivity index is 2.51. The molecule has 2 aromatic carbocycles. The first-order valence-electron chi connectivity index (χ1n) is 6.57. The maximum atomic E-state index is 12.7. The molecule has 8 nitrogen and oxygen atoms in total. The van der Waals surface area contributed by atoms with Crippen molar-refractivity contribution < 1.29 is 27.5 Å². The molecule has 24 heavy (non-hydrogen) atoms. The van der Waals surface area contributed by atoms with Crippen molar-refractivity contribution >= 4 is 37.9 Å². The summed E-state index contributed by atoms with van der Waals surface area (Å²) in [6.07, 6.45) is 0. The zero-order valence-electron chi connectivity index (χ0n) is 12.3. The molecule has 0 saturated heterocycles. The van der Waals surface area contributed by atoms with Crippen molar-refractivity contribution in [2.45, 2.75) is 4.90 Å². The van der Waals surface area contributed by atoms with Crippen LogP contribution in [0.25, 0.3) is 21.9 Å². The van der Waals surface area contributed by atoms with Crippen molar-refractivity contribution in [3.05, 3.63) is 46.1 Å². The molecule has 3 N–H and O–H groups in total. The van der Waals surface area contributed by atoms with Gasteiger partial charge in [-0.1, -0.05) is 0 Å². The van der Waals surface area contributed by atoms with Gasteiger partial charge >= 0.3 is 5.97 Å². The van der Waals surface area contributed by atoms with Gasteiger partial charge in [-0.05, 0) is 24.3 Å². The number of hydrogen-bond acceptors (Lipinski definition) is 6. The van der Waals surface area contributed by atoms with Crippen molar-refractivity contribution in [2.24, 2.45) is 5.14 Å². The van der Waals surface area contributed by atoms with Crippen LogP contribution in [0.4, 0.5) is 0 Å². The minimum absolute atomic E-state index is 0.0102. The van der Waals surface area contributed by atoms with Crippen LogP contribution < -0.4 is 15.3 Å². The average Bonchev–Trinajstić information content (AvgIpc) is 2.53. The zero-order valence-corrected chi connectivity index (χ0v) is 13.1. The summed E-state index contributed by atoms with van der Waals surface area (Å²) in [5.41, 5.74) is -0.480. The van der Waals surface area contributed by atoms with E-state index in [4.69, 9.17) is 19.4 Å². The Morgan fingerprint density at radius 2 is 1.92 bits per heavy atom. The van der Waals surface area contributed by atoms with E-state index in [0.29, 0.717) is 0 Å². The van der Waals surface area contributed by atoms with Crippen LogP contribution in [0.5, 0.6) is 5.75 Å². The van der Waals surface area contributed by atoms with E-state index in [-0.39, 0.29) is 38.1 Å². The highest BCUT2D eigenvalue weighted by atomic mass is 32.2. The fourth-order valence-corrected chi connectivity index (χ4v) is 2.90. The maximum absolute atomic E-state index is 12.7. The Labute approximate surface area is 135 Å². The maximum Gasteiger partial charge on any atom is 0.335 e. The van der Waals surface area contributed by atoms with Gasteiger partial charge in [-0.3, -0.25) is 4.79 Å².